The van der Waals surface area contributed by atoms with Crippen molar-refractivity contribution in [3.8, 4) is 0 Å². The summed E-state index contributed by atoms with van der Waals surface area (Å²) in [5.74, 6) is -1.39. The monoisotopic (exact) mass is 614 g/mol. The summed E-state index contributed by atoms with van der Waals surface area (Å²) in [7, 11) is 2.33. The minimum absolute atomic E-state index is 0.0674. The number of amides is 1. The second-order valence-corrected chi connectivity index (χ2v) is 11.0. The zero-order valence-corrected chi connectivity index (χ0v) is 26.1. The summed E-state index contributed by atoms with van der Waals surface area (Å²) in [5, 5.41) is 32.0. The van der Waals surface area contributed by atoms with Gasteiger partial charge in [0.25, 0.3) is 5.56 Å². The van der Waals surface area contributed by atoms with E-state index in [0.717, 1.165) is 50.0 Å². The van der Waals surface area contributed by atoms with Crippen LogP contribution in [0.3, 0.4) is 0 Å². The third kappa shape index (κ3) is 13.7. The maximum Gasteiger partial charge on any atom is 0.330 e. The van der Waals surface area contributed by atoms with Crippen molar-refractivity contribution in [3.63, 3.8) is 0 Å². The third-order valence-electron chi connectivity index (χ3n) is 7.70. The number of ether oxygens (including phenoxy) is 2. The van der Waals surface area contributed by atoms with Gasteiger partial charge in [-0.25, -0.2) is 9.59 Å². The number of aromatic nitrogens is 2. The van der Waals surface area contributed by atoms with Crippen molar-refractivity contribution >= 4 is 11.9 Å². The summed E-state index contributed by atoms with van der Waals surface area (Å²) < 4.78 is 10.9. The molecule has 248 valence electrons. The molecule has 0 radical (unpaired) electrons. The van der Waals surface area contributed by atoms with Gasteiger partial charge < -0.3 is 35.4 Å². The smallest absolute Gasteiger partial charge is 0.330 e. The van der Waals surface area contributed by atoms with Gasteiger partial charge in [0, 0.05) is 38.8 Å². The number of aliphatic hydroxyl groups is 3. The van der Waals surface area contributed by atoms with Gasteiger partial charge in [0.05, 0.1) is 13.2 Å². The number of rotatable bonds is 24. The molecule has 1 rings (SSSR count). The number of unbranched alkanes of at least 4 members (excludes halogenated alkanes) is 12. The summed E-state index contributed by atoms with van der Waals surface area (Å²) in [4.78, 5) is 52.4. The molecule has 1 aromatic rings. The first-order valence-corrected chi connectivity index (χ1v) is 15.6. The van der Waals surface area contributed by atoms with Crippen LogP contribution in [0, 0.1) is 0 Å². The van der Waals surface area contributed by atoms with Crippen LogP contribution in [0.2, 0.25) is 0 Å². The predicted molar refractivity (Wildman–Crippen MR) is 162 cm³/mol. The molecule has 0 saturated heterocycles. The fourth-order valence-corrected chi connectivity index (χ4v) is 5.13. The summed E-state index contributed by atoms with van der Waals surface area (Å²) in [6.45, 7) is 1.87. The van der Waals surface area contributed by atoms with Crippen molar-refractivity contribution in [1.82, 2.24) is 14.5 Å². The molecule has 1 amide bonds. The molecular weight excluding hydrogens is 560 g/mol. The lowest BCUT2D eigenvalue weighted by molar-refractivity contribution is -0.167. The molecule has 5 atom stereocenters. The maximum atomic E-state index is 13.2. The second kappa shape index (κ2) is 22.0. The summed E-state index contributed by atoms with van der Waals surface area (Å²) >= 11 is 0. The minimum atomic E-state index is -1.86. The van der Waals surface area contributed by atoms with Gasteiger partial charge in [0.15, 0.2) is 6.23 Å². The van der Waals surface area contributed by atoms with Crippen LogP contribution >= 0.6 is 0 Å². The summed E-state index contributed by atoms with van der Waals surface area (Å²) in [6.07, 6.45) is 9.11. The van der Waals surface area contributed by atoms with E-state index in [1.165, 1.54) is 58.5 Å². The van der Waals surface area contributed by atoms with Crippen LogP contribution in [0.15, 0.2) is 21.9 Å². The fourth-order valence-electron chi connectivity index (χ4n) is 5.13. The Balaban J connectivity index is 2.74. The zero-order valence-electron chi connectivity index (χ0n) is 26.1. The quantitative estimate of drug-likeness (QED) is 0.0651. The van der Waals surface area contributed by atoms with Crippen molar-refractivity contribution < 1.29 is 34.4 Å². The van der Waals surface area contributed by atoms with Gasteiger partial charge in [-0.3, -0.25) is 19.1 Å². The van der Waals surface area contributed by atoms with Gasteiger partial charge in [-0.2, -0.15) is 0 Å². The van der Waals surface area contributed by atoms with Crippen LogP contribution in [0.5, 0.6) is 0 Å². The molecule has 0 aromatic carbocycles. The normalized spacial score (nSPS) is 15.0. The zero-order chi connectivity index (χ0) is 32.2. The number of methoxy groups -OCH3 is 2. The van der Waals surface area contributed by atoms with E-state index in [-0.39, 0.29) is 19.4 Å². The van der Waals surface area contributed by atoms with E-state index in [1.807, 2.05) is 4.98 Å². The molecule has 43 heavy (non-hydrogen) atoms. The van der Waals surface area contributed by atoms with Crippen LogP contribution in [0.1, 0.15) is 109 Å². The number of aromatic amines is 1. The highest BCUT2D eigenvalue weighted by atomic mass is 16.5. The Morgan fingerprint density at radius 2 is 1.47 bits per heavy atom. The van der Waals surface area contributed by atoms with E-state index < -0.39 is 53.8 Å². The van der Waals surface area contributed by atoms with E-state index in [4.69, 9.17) is 15.2 Å². The molecule has 0 aliphatic rings. The Kier molecular flexibility index (Phi) is 19.7. The lowest BCUT2D eigenvalue weighted by atomic mass is 10.0. The molecule has 0 aliphatic carbocycles. The molecular formula is C30H54N4O9. The lowest BCUT2D eigenvalue weighted by Gasteiger charge is -2.36. The van der Waals surface area contributed by atoms with Gasteiger partial charge in [0.2, 0.25) is 5.91 Å². The molecule has 6 N–H and O–H groups in total. The van der Waals surface area contributed by atoms with E-state index in [1.54, 1.807) is 0 Å². The number of carbonyl (C=O) groups excluding carboxylic acids is 2. The Labute approximate surface area is 254 Å². The van der Waals surface area contributed by atoms with Gasteiger partial charge in [-0.05, 0) is 6.42 Å². The third-order valence-corrected chi connectivity index (χ3v) is 7.70. The fraction of sp³-hybridized carbons (Fsp3) is 0.800. The number of carbonyl (C=O) groups is 2. The van der Waals surface area contributed by atoms with Crippen molar-refractivity contribution in [2.75, 3.05) is 20.8 Å². The molecule has 0 saturated carbocycles. The average molecular weight is 615 g/mol. The number of nitrogens with two attached hydrogens (primary N) is 1. The SMILES string of the molecule is CCCCCCCCCCCCCCCC(=O)N(C(CC(OC)C(O)C(O)n1ccc(=O)[nH]c1=O)C(=O)OC)[C@H](O)CN. The van der Waals surface area contributed by atoms with Gasteiger partial charge >= 0.3 is 11.7 Å². The molecule has 1 aromatic heterocycles. The Bertz CT molecular complexity index is 1030. The van der Waals surface area contributed by atoms with Gasteiger partial charge in [0.1, 0.15) is 18.4 Å². The molecule has 13 heteroatoms. The molecule has 0 aliphatic heterocycles. The molecule has 0 bridgehead atoms. The van der Waals surface area contributed by atoms with Crippen LogP contribution < -0.4 is 17.0 Å². The summed E-state index contributed by atoms with van der Waals surface area (Å²) in [5.41, 5.74) is 4.00. The molecule has 0 fully saturated rings. The van der Waals surface area contributed by atoms with E-state index in [9.17, 15) is 34.5 Å². The first-order chi connectivity index (χ1) is 20.6. The van der Waals surface area contributed by atoms with Crippen molar-refractivity contribution in [1.29, 1.82) is 0 Å². The van der Waals surface area contributed by atoms with Crippen molar-refractivity contribution in [3.05, 3.63) is 33.1 Å². The Hall–Kier alpha value is -2.58. The molecule has 13 nitrogen and oxygen atoms in total. The van der Waals surface area contributed by atoms with Crippen LogP contribution in [0.25, 0.3) is 0 Å². The number of aliphatic hydroxyl groups excluding tert-OH is 3. The highest BCUT2D eigenvalue weighted by Crippen LogP contribution is 2.22. The largest absolute Gasteiger partial charge is 0.467 e. The maximum absolute atomic E-state index is 13.2. The van der Waals surface area contributed by atoms with Gasteiger partial charge in [-0.15, -0.1) is 0 Å². The molecule has 4 unspecified atom stereocenters. The average Bonchev–Trinajstić information content (AvgIpc) is 3.00. The topological polar surface area (TPSA) is 197 Å². The number of hydrogen-bond donors (Lipinski definition) is 5. The predicted octanol–water partition coefficient (Wildman–Crippen LogP) is 1.92. The highest BCUT2D eigenvalue weighted by molar-refractivity contribution is 5.84. The van der Waals surface area contributed by atoms with E-state index >= 15 is 0 Å². The number of nitrogens with one attached hydrogen (secondary N) is 1. The van der Waals surface area contributed by atoms with Crippen LogP contribution in [0.4, 0.5) is 0 Å². The molecule has 1 heterocycles. The first kappa shape index (κ1) is 38.4. The minimum Gasteiger partial charge on any atom is -0.467 e. The number of nitrogens with zero attached hydrogens (tertiary/aromatic N) is 2. The molecule has 0 spiro atoms. The number of hydrogen-bond acceptors (Lipinski definition) is 10. The van der Waals surface area contributed by atoms with Crippen LogP contribution in [-0.2, 0) is 19.1 Å². The van der Waals surface area contributed by atoms with Crippen molar-refractivity contribution in [2.45, 2.75) is 134 Å². The number of H-pyrrole nitrogens is 1. The Morgan fingerprint density at radius 1 is 0.930 bits per heavy atom. The highest BCUT2D eigenvalue weighted by Gasteiger charge is 2.39. The van der Waals surface area contributed by atoms with Crippen molar-refractivity contribution in [2.24, 2.45) is 5.73 Å². The first-order valence-electron chi connectivity index (χ1n) is 15.6. The lowest BCUT2D eigenvalue weighted by Crippen LogP contribution is -2.56. The standard InChI is InChI=1S/C30H54N4O9/c1-4-5-6-7-8-9-10-11-12-13-14-15-16-17-25(36)34(26(37)21-31)22(29(40)43-3)20-23(42-2)27(38)28(39)33-19-18-24(35)32-30(33)41/h18-19,22-23,26-28,37-39H,4-17,20-21,31H2,1-3H3,(H,32,35,41)/t22?,23?,26-,27?,28?/m1/s1. The van der Waals surface area contributed by atoms with E-state index in [0.29, 0.717) is 11.0 Å². The second-order valence-electron chi connectivity index (χ2n) is 11.0. The van der Waals surface area contributed by atoms with Crippen LogP contribution in [-0.4, -0.2) is 86.9 Å². The number of esters is 1. The van der Waals surface area contributed by atoms with E-state index in [2.05, 4.69) is 6.92 Å². The summed E-state index contributed by atoms with van der Waals surface area (Å²) in [6, 6.07) is -0.414. The Morgan fingerprint density at radius 3 is 1.93 bits per heavy atom. The van der Waals surface area contributed by atoms with Gasteiger partial charge in [-0.1, -0.05) is 84.0 Å².